The molecule has 1 fully saturated rings. The molecule has 7 nitrogen and oxygen atoms in total. The van der Waals surface area contributed by atoms with Crippen molar-refractivity contribution in [2.24, 2.45) is 0 Å². The number of ether oxygens (including phenoxy) is 1. The number of halogens is 1. The Balaban J connectivity index is 1.25. The van der Waals surface area contributed by atoms with Gasteiger partial charge >= 0.3 is 0 Å². The molecule has 2 aromatic carbocycles. The molecule has 0 atom stereocenters. The van der Waals surface area contributed by atoms with E-state index in [0.29, 0.717) is 16.5 Å². The third kappa shape index (κ3) is 4.70. The van der Waals surface area contributed by atoms with E-state index in [-0.39, 0.29) is 6.61 Å². The number of fused-ring (bicyclic) bond motifs is 2. The molecule has 0 unspecified atom stereocenters. The van der Waals surface area contributed by atoms with Crippen LogP contribution in [0.15, 0.2) is 67.4 Å². The molecule has 38 heavy (non-hydrogen) atoms. The van der Waals surface area contributed by atoms with Gasteiger partial charge in [-0.05, 0) is 67.6 Å². The molecule has 4 heterocycles. The molecule has 0 saturated carbocycles. The Labute approximate surface area is 226 Å². The molecule has 0 N–H and O–H groups in total. The number of nitrogens with zero attached hydrogens (tertiary/aromatic N) is 6. The molecule has 0 amide bonds. The molecule has 1 aliphatic rings. The summed E-state index contributed by atoms with van der Waals surface area (Å²) in [6, 6.07) is 18.0. The smallest absolute Gasteiger partial charge is 0.192 e. The standard InChI is InChI=1S/C30H29ClN6O/c1-3-21-7-9-24-27(17-21)32-14-13-28(24)38-19-30-34-33-29-12-11-26(35-37(29)30)22-8-10-23(25(31)18-22)20(2)36-15-5-4-6-16-36/h7-14,17-18H,2-6,15-16,19H2,1H3. The largest absolute Gasteiger partial charge is 0.485 e. The fourth-order valence-corrected chi connectivity index (χ4v) is 5.27. The monoisotopic (exact) mass is 524 g/mol. The minimum atomic E-state index is 0.224. The molecule has 8 heteroatoms. The molecule has 1 saturated heterocycles. The van der Waals surface area contributed by atoms with E-state index < -0.39 is 0 Å². The minimum absolute atomic E-state index is 0.224. The van der Waals surface area contributed by atoms with E-state index in [1.807, 2.05) is 36.4 Å². The number of aryl methyl sites for hydroxylation is 1. The van der Waals surface area contributed by atoms with Crippen molar-refractivity contribution in [2.75, 3.05) is 13.1 Å². The Bertz CT molecular complexity index is 1640. The van der Waals surface area contributed by atoms with Gasteiger partial charge in [-0.15, -0.1) is 10.2 Å². The summed E-state index contributed by atoms with van der Waals surface area (Å²) in [7, 11) is 0. The lowest BCUT2D eigenvalue weighted by Gasteiger charge is -2.31. The fraction of sp³-hybridized carbons (Fsp3) is 0.267. The van der Waals surface area contributed by atoms with Gasteiger partial charge in [-0.1, -0.05) is 43.3 Å². The number of likely N-dealkylation sites (tertiary alicyclic amines) is 1. The average molecular weight is 525 g/mol. The Morgan fingerprint density at radius 1 is 1.00 bits per heavy atom. The third-order valence-corrected chi connectivity index (χ3v) is 7.49. The van der Waals surface area contributed by atoms with Crippen LogP contribution in [0.2, 0.25) is 5.02 Å². The van der Waals surface area contributed by atoms with Crippen molar-refractivity contribution in [2.45, 2.75) is 39.2 Å². The van der Waals surface area contributed by atoms with Gasteiger partial charge in [0, 0.05) is 41.5 Å². The van der Waals surface area contributed by atoms with Crippen LogP contribution in [-0.4, -0.2) is 42.8 Å². The summed E-state index contributed by atoms with van der Waals surface area (Å²) in [5.74, 6) is 1.36. The highest BCUT2D eigenvalue weighted by atomic mass is 35.5. The zero-order valence-corrected chi connectivity index (χ0v) is 22.2. The molecule has 0 bridgehead atoms. The normalized spacial score (nSPS) is 13.8. The predicted octanol–water partition coefficient (Wildman–Crippen LogP) is 6.59. The summed E-state index contributed by atoms with van der Waals surface area (Å²) >= 11 is 6.73. The zero-order valence-electron chi connectivity index (χ0n) is 21.4. The Morgan fingerprint density at radius 3 is 2.68 bits per heavy atom. The van der Waals surface area contributed by atoms with E-state index >= 15 is 0 Å². The highest BCUT2D eigenvalue weighted by molar-refractivity contribution is 6.32. The first-order valence-electron chi connectivity index (χ1n) is 13.1. The SMILES string of the molecule is C=C(c1ccc(-c2ccc3nnc(COc4ccnc5cc(CC)ccc45)n3n2)cc1Cl)N1CCCCC1. The first kappa shape index (κ1) is 24.4. The van der Waals surface area contributed by atoms with E-state index in [1.165, 1.54) is 24.8 Å². The van der Waals surface area contributed by atoms with Gasteiger partial charge in [-0.25, -0.2) is 0 Å². The molecule has 6 rings (SSSR count). The second-order valence-electron chi connectivity index (χ2n) is 9.60. The first-order valence-corrected chi connectivity index (χ1v) is 13.4. The molecule has 5 aromatic rings. The summed E-state index contributed by atoms with van der Waals surface area (Å²) < 4.78 is 7.90. The van der Waals surface area contributed by atoms with E-state index in [2.05, 4.69) is 51.8 Å². The van der Waals surface area contributed by atoms with Crippen molar-refractivity contribution in [1.82, 2.24) is 29.7 Å². The van der Waals surface area contributed by atoms with Crippen molar-refractivity contribution in [3.05, 3.63) is 89.3 Å². The summed E-state index contributed by atoms with van der Waals surface area (Å²) in [4.78, 5) is 6.82. The molecule has 0 aliphatic carbocycles. The van der Waals surface area contributed by atoms with Crippen LogP contribution < -0.4 is 4.74 Å². The van der Waals surface area contributed by atoms with Crippen molar-refractivity contribution >= 4 is 33.8 Å². The van der Waals surface area contributed by atoms with Gasteiger partial charge < -0.3 is 9.64 Å². The van der Waals surface area contributed by atoms with E-state index in [4.69, 9.17) is 21.4 Å². The van der Waals surface area contributed by atoms with Gasteiger partial charge in [-0.2, -0.15) is 9.61 Å². The number of pyridine rings is 1. The van der Waals surface area contributed by atoms with Crippen LogP contribution in [0.1, 0.15) is 43.1 Å². The predicted molar refractivity (Wildman–Crippen MR) is 151 cm³/mol. The number of hydrogen-bond acceptors (Lipinski definition) is 6. The third-order valence-electron chi connectivity index (χ3n) is 7.17. The van der Waals surface area contributed by atoms with Crippen LogP contribution in [0.4, 0.5) is 0 Å². The molecule has 0 radical (unpaired) electrons. The van der Waals surface area contributed by atoms with Gasteiger partial charge in [0.1, 0.15) is 12.4 Å². The fourth-order valence-electron chi connectivity index (χ4n) is 4.98. The molecular formula is C30H29ClN6O. The second-order valence-corrected chi connectivity index (χ2v) is 10.0. The summed E-state index contributed by atoms with van der Waals surface area (Å²) in [6.07, 6.45) is 6.40. The summed E-state index contributed by atoms with van der Waals surface area (Å²) in [6.45, 7) is 8.74. The molecule has 0 spiro atoms. The van der Waals surface area contributed by atoms with Crippen LogP contribution >= 0.6 is 11.6 Å². The Morgan fingerprint density at radius 2 is 1.87 bits per heavy atom. The summed E-state index contributed by atoms with van der Waals surface area (Å²) in [5.41, 5.74) is 6.45. The first-order chi connectivity index (χ1) is 18.6. The average Bonchev–Trinajstić information content (AvgIpc) is 3.38. The van der Waals surface area contributed by atoms with Gasteiger partial charge in [0.2, 0.25) is 0 Å². The van der Waals surface area contributed by atoms with Gasteiger partial charge in [-0.3, -0.25) is 4.98 Å². The minimum Gasteiger partial charge on any atom is -0.485 e. The van der Waals surface area contributed by atoms with Gasteiger partial charge in [0.05, 0.1) is 16.2 Å². The van der Waals surface area contributed by atoms with Gasteiger partial charge in [0.15, 0.2) is 11.5 Å². The van der Waals surface area contributed by atoms with Crippen LogP contribution in [0.25, 0.3) is 33.5 Å². The van der Waals surface area contributed by atoms with Crippen molar-refractivity contribution in [3.63, 3.8) is 0 Å². The van der Waals surface area contributed by atoms with Crippen LogP contribution in [0, 0.1) is 0 Å². The second kappa shape index (κ2) is 10.4. The van der Waals surface area contributed by atoms with Crippen LogP contribution in [0.3, 0.4) is 0 Å². The number of aromatic nitrogens is 5. The van der Waals surface area contributed by atoms with E-state index in [0.717, 1.165) is 58.7 Å². The maximum absolute atomic E-state index is 6.73. The van der Waals surface area contributed by atoms with Crippen LogP contribution in [0.5, 0.6) is 5.75 Å². The lowest BCUT2D eigenvalue weighted by Crippen LogP contribution is -2.27. The Hall–Kier alpha value is -3.97. The molecular weight excluding hydrogens is 496 g/mol. The Kier molecular flexibility index (Phi) is 6.68. The van der Waals surface area contributed by atoms with Crippen LogP contribution in [-0.2, 0) is 13.0 Å². The number of piperidine rings is 1. The highest BCUT2D eigenvalue weighted by Gasteiger charge is 2.17. The quantitative estimate of drug-likeness (QED) is 0.239. The molecule has 3 aromatic heterocycles. The molecule has 192 valence electrons. The van der Waals surface area contributed by atoms with Crippen molar-refractivity contribution < 1.29 is 4.74 Å². The lowest BCUT2D eigenvalue weighted by molar-refractivity contribution is 0.296. The number of hydrogen-bond donors (Lipinski definition) is 0. The van der Waals surface area contributed by atoms with Crippen molar-refractivity contribution in [1.29, 1.82) is 0 Å². The maximum atomic E-state index is 6.73. The summed E-state index contributed by atoms with van der Waals surface area (Å²) in [5, 5.41) is 15.0. The van der Waals surface area contributed by atoms with Gasteiger partial charge in [0.25, 0.3) is 0 Å². The maximum Gasteiger partial charge on any atom is 0.192 e. The highest BCUT2D eigenvalue weighted by Crippen LogP contribution is 2.31. The van der Waals surface area contributed by atoms with Crippen molar-refractivity contribution in [3.8, 4) is 17.0 Å². The topological polar surface area (TPSA) is 68.4 Å². The zero-order chi connectivity index (χ0) is 26.1. The van der Waals surface area contributed by atoms with E-state index in [1.54, 1.807) is 10.7 Å². The van der Waals surface area contributed by atoms with E-state index in [9.17, 15) is 0 Å². The number of benzene rings is 2. The molecule has 1 aliphatic heterocycles. The lowest BCUT2D eigenvalue weighted by atomic mass is 10.0. The number of rotatable bonds is 7.